The summed E-state index contributed by atoms with van der Waals surface area (Å²) in [7, 11) is 3.81. The van der Waals surface area contributed by atoms with E-state index in [4.69, 9.17) is 5.73 Å². The number of anilines is 3. The summed E-state index contributed by atoms with van der Waals surface area (Å²) in [5.74, 6) is -0.262. The van der Waals surface area contributed by atoms with Crippen molar-refractivity contribution in [2.75, 3.05) is 29.6 Å². The van der Waals surface area contributed by atoms with Crippen LogP contribution in [-0.2, 0) is 0 Å². The van der Waals surface area contributed by atoms with Gasteiger partial charge in [0.25, 0.3) is 5.91 Å². The Kier molecular flexibility index (Phi) is 4.63. The van der Waals surface area contributed by atoms with Crippen molar-refractivity contribution in [3.63, 3.8) is 0 Å². The fourth-order valence-corrected chi connectivity index (χ4v) is 2.04. The fourth-order valence-electron chi connectivity index (χ4n) is 2.04. The van der Waals surface area contributed by atoms with Gasteiger partial charge >= 0.3 is 6.03 Å². The van der Waals surface area contributed by atoms with E-state index in [1.807, 2.05) is 43.3 Å². The van der Waals surface area contributed by atoms with E-state index in [2.05, 4.69) is 10.6 Å². The van der Waals surface area contributed by atoms with Crippen molar-refractivity contribution < 1.29 is 9.59 Å². The zero-order chi connectivity index (χ0) is 16.1. The number of hydrogen-bond acceptors (Lipinski definition) is 3. The number of carbonyl (C=O) groups excluding carboxylic acids is 2. The number of benzene rings is 2. The summed E-state index contributed by atoms with van der Waals surface area (Å²) >= 11 is 0. The molecule has 0 fully saturated rings. The Balaban J connectivity index is 2.21. The summed E-state index contributed by atoms with van der Waals surface area (Å²) in [6.45, 7) is 0. The van der Waals surface area contributed by atoms with E-state index in [1.165, 1.54) is 0 Å². The fraction of sp³-hybridized carbons (Fsp3) is 0.125. The van der Waals surface area contributed by atoms with Crippen LogP contribution in [0.1, 0.15) is 10.4 Å². The van der Waals surface area contributed by atoms with Gasteiger partial charge in [0.1, 0.15) is 0 Å². The van der Waals surface area contributed by atoms with E-state index in [-0.39, 0.29) is 5.91 Å². The molecule has 0 aromatic heterocycles. The van der Waals surface area contributed by atoms with Gasteiger partial charge in [-0.05, 0) is 30.3 Å². The third-order valence-corrected chi connectivity index (χ3v) is 3.03. The van der Waals surface area contributed by atoms with E-state index in [9.17, 15) is 9.59 Å². The van der Waals surface area contributed by atoms with Crippen LogP contribution >= 0.6 is 0 Å². The summed E-state index contributed by atoms with van der Waals surface area (Å²) < 4.78 is 0. The predicted octanol–water partition coefficient (Wildman–Crippen LogP) is 2.50. The lowest BCUT2D eigenvalue weighted by Crippen LogP contribution is -2.20. The number of para-hydroxylation sites is 2. The van der Waals surface area contributed by atoms with E-state index < -0.39 is 6.03 Å². The van der Waals surface area contributed by atoms with Crippen molar-refractivity contribution in [3.05, 3.63) is 54.1 Å². The SMILES string of the molecule is CN(C)c1ccccc1NC(=O)c1cccc(NC(N)=O)c1. The molecule has 0 bridgehead atoms. The summed E-state index contributed by atoms with van der Waals surface area (Å²) in [6, 6.07) is 13.4. The Morgan fingerprint density at radius 3 is 2.41 bits per heavy atom. The molecule has 3 amide bonds. The third-order valence-electron chi connectivity index (χ3n) is 3.03. The van der Waals surface area contributed by atoms with Gasteiger partial charge in [0.2, 0.25) is 0 Å². The molecule has 0 saturated carbocycles. The van der Waals surface area contributed by atoms with Crippen LogP contribution in [0.25, 0.3) is 0 Å². The standard InChI is InChI=1S/C16H18N4O2/c1-20(2)14-9-4-3-8-13(14)19-15(21)11-6-5-7-12(10-11)18-16(17)22/h3-10H,1-2H3,(H,19,21)(H3,17,18,22). The van der Waals surface area contributed by atoms with Crippen molar-refractivity contribution in [2.24, 2.45) is 5.73 Å². The van der Waals surface area contributed by atoms with Gasteiger partial charge in [-0.15, -0.1) is 0 Å². The lowest BCUT2D eigenvalue weighted by molar-refractivity contribution is 0.102. The zero-order valence-electron chi connectivity index (χ0n) is 12.5. The summed E-state index contributed by atoms with van der Waals surface area (Å²) in [5.41, 5.74) is 7.59. The van der Waals surface area contributed by atoms with Crippen LogP contribution in [0.4, 0.5) is 21.9 Å². The summed E-state index contributed by atoms with van der Waals surface area (Å²) in [5, 5.41) is 5.31. The smallest absolute Gasteiger partial charge is 0.316 e. The first kappa shape index (κ1) is 15.4. The topological polar surface area (TPSA) is 87.5 Å². The number of primary amides is 1. The van der Waals surface area contributed by atoms with Crippen LogP contribution in [0.15, 0.2) is 48.5 Å². The summed E-state index contributed by atoms with van der Waals surface area (Å²) in [6.07, 6.45) is 0. The highest BCUT2D eigenvalue weighted by molar-refractivity contribution is 6.06. The van der Waals surface area contributed by atoms with Crippen LogP contribution < -0.4 is 21.3 Å². The van der Waals surface area contributed by atoms with Gasteiger partial charge in [-0.1, -0.05) is 18.2 Å². The molecule has 6 heteroatoms. The van der Waals surface area contributed by atoms with Crippen molar-refractivity contribution in [3.8, 4) is 0 Å². The molecule has 22 heavy (non-hydrogen) atoms. The molecule has 6 nitrogen and oxygen atoms in total. The molecule has 2 rings (SSSR count). The monoisotopic (exact) mass is 298 g/mol. The molecule has 0 aliphatic carbocycles. The number of urea groups is 1. The quantitative estimate of drug-likeness (QED) is 0.810. The lowest BCUT2D eigenvalue weighted by Gasteiger charge is -2.17. The second kappa shape index (κ2) is 6.62. The molecule has 0 saturated heterocycles. The van der Waals surface area contributed by atoms with Crippen molar-refractivity contribution >= 4 is 29.0 Å². The maximum Gasteiger partial charge on any atom is 0.316 e. The number of carbonyl (C=O) groups is 2. The highest BCUT2D eigenvalue weighted by Crippen LogP contribution is 2.24. The second-order valence-electron chi connectivity index (χ2n) is 4.94. The first-order chi connectivity index (χ1) is 10.5. The average Bonchev–Trinajstić information content (AvgIpc) is 2.47. The van der Waals surface area contributed by atoms with Crippen molar-refractivity contribution in [1.29, 1.82) is 0 Å². The van der Waals surface area contributed by atoms with Crippen LogP contribution in [0, 0.1) is 0 Å². The maximum absolute atomic E-state index is 12.4. The van der Waals surface area contributed by atoms with Gasteiger partial charge < -0.3 is 21.3 Å². The molecule has 0 aliphatic rings. The highest BCUT2D eigenvalue weighted by Gasteiger charge is 2.10. The minimum absolute atomic E-state index is 0.262. The minimum Gasteiger partial charge on any atom is -0.376 e. The Morgan fingerprint density at radius 1 is 1.00 bits per heavy atom. The molecule has 0 radical (unpaired) electrons. The van der Waals surface area contributed by atoms with Crippen LogP contribution in [0.3, 0.4) is 0 Å². The van der Waals surface area contributed by atoms with Gasteiger partial charge in [-0.3, -0.25) is 4.79 Å². The van der Waals surface area contributed by atoms with Gasteiger partial charge in [-0.2, -0.15) is 0 Å². The molecule has 114 valence electrons. The molecule has 4 N–H and O–H groups in total. The number of hydrogen-bond donors (Lipinski definition) is 3. The largest absolute Gasteiger partial charge is 0.376 e. The van der Waals surface area contributed by atoms with E-state index in [0.717, 1.165) is 5.69 Å². The van der Waals surface area contributed by atoms with E-state index in [0.29, 0.717) is 16.9 Å². The minimum atomic E-state index is -0.671. The molecular formula is C16H18N4O2. The second-order valence-corrected chi connectivity index (χ2v) is 4.94. The Bertz CT molecular complexity index is 698. The molecular weight excluding hydrogens is 280 g/mol. The number of amides is 3. The molecule has 2 aromatic carbocycles. The van der Waals surface area contributed by atoms with Crippen LogP contribution in [0.5, 0.6) is 0 Å². The molecule has 2 aromatic rings. The molecule has 0 unspecified atom stereocenters. The van der Waals surface area contributed by atoms with E-state index in [1.54, 1.807) is 24.3 Å². The Labute approximate surface area is 128 Å². The van der Waals surface area contributed by atoms with Gasteiger partial charge in [-0.25, -0.2) is 4.79 Å². The summed E-state index contributed by atoms with van der Waals surface area (Å²) in [4.78, 5) is 25.1. The number of nitrogens with zero attached hydrogens (tertiary/aromatic N) is 1. The first-order valence-corrected chi connectivity index (χ1v) is 6.71. The molecule has 0 atom stereocenters. The normalized spacial score (nSPS) is 9.91. The van der Waals surface area contributed by atoms with E-state index >= 15 is 0 Å². The Hall–Kier alpha value is -3.02. The zero-order valence-corrected chi connectivity index (χ0v) is 12.5. The molecule has 0 spiro atoms. The first-order valence-electron chi connectivity index (χ1n) is 6.71. The number of nitrogens with one attached hydrogen (secondary N) is 2. The van der Waals surface area contributed by atoms with Crippen LogP contribution in [-0.4, -0.2) is 26.0 Å². The molecule has 0 aliphatic heterocycles. The average molecular weight is 298 g/mol. The van der Waals surface area contributed by atoms with Crippen molar-refractivity contribution in [1.82, 2.24) is 0 Å². The lowest BCUT2D eigenvalue weighted by atomic mass is 10.1. The van der Waals surface area contributed by atoms with Gasteiger partial charge in [0.15, 0.2) is 0 Å². The highest BCUT2D eigenvalue weighted by atomic mass is 16.2. The van der Waals surface area contributed by atoms with Crippen LogP contribution in [0.2, 0.25) is 0 Å². The molecule has 0 heterocycles. The van der Waals surface area contributed by atoms with Gasteiger partial charge in [0, 0.05) is 25.3 Å². The third kappa shape index (κ3) is 3.76. The Morgan fingerprint density at radius 2 is 1.73 bits per heavy atom. The number of nitrogens with two attached hydrogens (primary N) is 1. The van der Waals surface area contributed by atoms with Crippen molar-refractivity contribution in [2.45, 2.75) is 0 Å². The van der Waals surface area contributed by atoms with Gasteiger partial charge in [0.05, 0.1) is 11.4 Å². The maximum atomic E-state index is 12.4. The number of rotatable bonds is 4. The predicted molar refractivity (Wildman–Crippen MR) is 88.4 cm³/mol.